The number of aryl methyl sites for hydroxylation is 2. The number of nitrogens with zero attached hydrogens (tertiary/aromatic N) is 2. The van der Waals surface area contributed by atoms with Crippen LogP contribution in [0.4, 0.5) is 5.82 Å². The summed E-state index contributed by atoms with van der Waals surface area (Å²) >= 11 is 0. The second kappa shape index (κ2) is 3.67. The minimum absolute atomic E-state index is 0.728. The molecule has 2 N–H and O–H groups in total. The quantitative estimate of drug-likeness (QED) is 0.794. The number of nitrogens with two attached hydrogens (primary N) is 1. The van der Waals surface area contributed by atoms with Crippen LogP contribution in [0, 0.1) is 20.8 Å². The van der Waals surface area contributed by atoms with Crippen molar-refractivity contribution in [2.75, 3.05) is 5.73 Å². The number of anilines is 1. The van der Waals surface area contributed by atoms with E-state index in [2.05, 4.69) is 31.0 Å². The van der Waals surface area contributed by atoms with Gasteiger partial charge in [-0.2, -0.15) is 0 Å². The first kappa shape index (κ1) is 10.7. The molecule has 0 fully saturated rings. The standard InChI is InChI=1S/C13H17N3/c1-8-6-5-7-11(9(8)2)12-13(14)16(4)10(3)15-12/h5-7H,14H2,1-4H3. The largest absolute Gasteiger partial charge is 0.383 e. The van der Waals surface area contributed by atoms with Gasteiger partial charge in [-0.1, -0.05) is 18.2 Å². The maximum absolute atomic E-state index is 6.05. The SMILES string of the molecule is Cc1cccc(-c2nc(C)n(C)c2N)c1C. The fourth-order valence-electron chi connectivity index (χ4n) is 1.83. The van der Waals surface area contributed by atoms with Crippen LogP contribution in [-0.2, 0) is 7.05 Å². The van der Waals surface area contributed by atoms with E-state index in [0.717, 1.165) is 22.9 Å². The topological polar surface area (TPSA) is 43.8 Å². The summed E-state index contributed by atoms with van der Waals surface area (Å²) in [5, 5.41) is 0. The molecule has 0 atom stereocenters. The number of nitrogen functional groups attached to an aromatic ring is 1. The van der Waals surface area contributed by atoms with Crippen molar-refractivity contribution in [1.82, 2.24) is 9.55 Å². The predicted octanol–water partition coefficient (Wildman–Crippen LogP) is 2.59. The van der Waals surface area contributed by atoms with Gasteiger partial charge in [-0.25, -0.2) is 4.98 Å². The lowest BCUT2D eigenvalue weighted by Crippen LogP contribution is -1.98. The van der Waals surface area contributed by atoms with E-state index in [4.69, 9.17) is 5.73 Å². The van der Waals surface area contributed by atoms with Gasteiger partial charge >= 0.3 is 0 Å². The van der Waals surface area contributed by atoms with Gasteiger partial charge in [0.1, 0.15) is 17.3 Å². The molecule has 0 unspecified atom stereocenters. The van der Waals surface area contributed by atoms with Crippen LogP contribution in [0.2, 0.25) is 0 Å². The van der Waals surface area contributed by atoms with Crippen LogP contribution < -0.4 is 5.73 Å². The molecule has 1 aromatic carbocycles. The zero-order valence-corrected chi connectivity index (χ0v) is 10.2. The minimum atomic E-state index is 0.728. The Balaban J connectivity index is 2.68. The van der Waals surface area contributed by atoms with Crippen LogP contribution in [0.25, 0.3) is 11.3 Å². The van der Waals surface area contributed by atoms with E-state index in [1.54, 1.807) is 0 Å². The smallest absolute Gasteiger partial charge is 0.131 e. The lowest BCUT2D eigenvalue weighted by molar-refractivity contribution is 0.868. The van der Waals surface area contributed by atoms with Gasteiger partial charge in [0, 0.05) is 12.6 Å². The molecule has 0 bridgehead atoms. The highest BCUT2D eigenvalue weighted by molar-refractivity contribution is 5.74. The number of hydrogen-bond donors (Lipinski definition) is 1. The van der Waals surface area contributed by atoms with E-state index in [9.17, 15) is 0 Å². The van der Waals surface area contributed by atoms with E-state index in [0.29, 0.717) is 0 Å². The summed E-state index contributed by atoms with van der Waals surface area (Å²) in [4.78, 5) is 4.52. The van der Waals surface area contributed by atoms with Crippen molar-refractivity contribution in [1.29, 1.82) is 0 Å². The molecule has 0 aliphatic heterocycles. The van der Waals surface area contributed by atoms with E-state index >= 15 is 0 Å². The highest BCUT2D eigenvalue weighted by Gasteiger charge is 2.13. The van der Waals surface area contributed by atoms with Gasteiger partial charge in [-0.05, 0) is 31.9 Å². The zero-order valence-electron chi connectivity index (χ0n) is 10.2. The molecule has 3 heteroatoms. The molecule has 0 saturated carbocycles. The Morgan fingerprint density at radius 1 is 1.19 bits per heavy atom. The van der Waals surface area contributed by atoms with E-state index in [-0.39, 0.29) is 0 Å². The van der Waals surface area contributed by atoms with Gasteiger partial charge in [0.15, 0.2) is 0 Å². The van der Waals surface area contributed by atoms with Gasteiger partial charge in [-0.3, -0.25) is 0 Å². The molecule has 2 rings (SSSR count). The van der Waals surface area contributed by atoms with Crippen LogP contribution in [0.3, 0.4) is 0 Å². The van der Waals surface area contributed by atoms with Gasteiger partial charge < -0.3 is 10.3 Å². The van der Waals surface area contributed by atoms with Crippen LogP contribution in [-0.4, -0.2) is 9.55 Å². The third kappa shape index (κ3) is 1.48. The number of rotatable bonds is 1. The first-order chi connectivity index (χ1) is 7.52. The zero-order chi connectivity index (χ0) is 11.9. The summed E-state index contributed by atoms with van der Waals surface area (Å²) in [5.41, 5.74) is 10.6. The molecule has 2 aromatic rings. The summed E-state index contributed by atoms with van der Waals surface area (Å²) in [5.74, 6) is 1.67. The third-order valence-corrected chi connectivity index (χ3v) is 3.22. The van der Waals surface area contributed by atoms with Gasteiger partial charge in [0.25, 0.3) is 0 Å². The minimum Gasteiger partial charge on any atom is -0.383 e. The average molecular weight is 215 g/mol. The molecule has 0 spiro atoms. The molecule has 0 aliphatic carbocycles. The van der Waals surface area contributed by atoms with Crippen molar-refractivity contribution in [3.63, 3.8) is 0 Å². The van der Waals surface area contributed by atoms with E-state index in [1.165, 1.54) is 11.1 Å². The second-order valence-corrected chi connectivity index (χ2v) is 4.20. The molecular formula is C13H17N3. The van der Waals surface area contributed by atoms with Crippen molar-refractivity contribution in [2.45, 2.75) is 20.8 Å². The number of aromatic nitrogens is 2. The Kier molecular flexibility index (Phi) is 2.46. The van der Waals surface area contributed by atoms with E-state index in [1.807, 2.05) is 24.6 Å². The molecule has 0 radical (unpaired) electrons. The molecule has 0 amide bonds. The first-order valence-electron chi connectivity index (χ1n) is 5.37. The Morgan fingerprint density at radius 2 is 1.88 bits per heavy atom. The first-order valence-corrected chi connectivity index (χ1v) is 5.37. The molecule has 84 valence electrons. The molecule has 0 aliphatic rings. The lowest BCUT2D eigenvalue weighted by atomic mass is 10.0. The van der Waals surface area contributed by atoms with Crippen LogP contribution in [0.1, 0.15) is 17.0 Å². The fourth-order valence-corrected chi connectivity index (χ4v) is 1.83. The van der Waals surface area contributed by atoms with Crippen molar-refractivity contribution >= 4 is 5.82 Å². The Bertz CT molecular complexity index is 538. The Hall–Kier alpha value is -1.77. The van der Waals surface area contributed by atoms with Crippen molar-refractivity contribution in [2.24, 2.45) is 7.05 Å². The van der Waals surface area contributed by atoms with Crippen LogP contribution >= 0.6 is 0 Å². The summed E-state index contributed by atoms with van der Waals surface area (Å²) in [7, 11) is 1.94. The molecule has 1 heterocycles. The van der Waals surface area contributed by atoms with Crippen LogP contribution in [0.5, 0.6) is 0 Å². The highest BCUT2D eigenvalue weighted by Crippen LogP contribution is 2.29. The van der Waals surface area contributed by atoms with E-state index < -0.39 is 0 Å². The normalized spacial score (nSPS) is 10.8. The Labute approximate surface area is 95.9 Å². The average Bonchev–Trinajstić information content (AvgIpc) is 2.50. The monoisotopic (exact) mass is 215 g/mol. The number of benzene rings is 1. The molecule has 3 nitrogen and oxygen atoms in total. The fraction of sp³-hybridized carbons (Fsp3) is 0.308. The number of hydrogen-bond acceptors (Lipinski definition) is 2. The summed E-state index contributed by atoms with van der Waals surface area (Å²) in [6.07, 6.45) is 0. The van der Waals surface area contributed by atoms with Gasteiger partial charge in [0.05, 0.1) is 0 Å². The maximum atomic E-state index is 6.05. The summed E-state index contributed by atoms with van der Waals surface area (Å²) in [6.45, 7) is 6.17. The van der Waals surface area contributed by atoms with Crippen molar-refractivity contribution < 1.29 is 0 Å². The second-order valence-electron chi connectivity index (χ2n) is 4.20. The van der Waals surface area contributed by atoms with Gasteiger partial charge in [-0.15, -0.1) is 0 Å². The molecular weight excluding hydrogens is 198 g/mol. The lowest BCUT2D eigenvalue weighted by Gasteiger charge is -2.07. The van der Waals surface area contributed by atoms with Crippen molar-refractivity contribution in [3.05, 3.63) is 35.2 Å². The number of imidazole rings is 1. The molecule has 1 aromatic heterocycles. The molecule has 0 saturated heterocycles. The van der Waals surface area contributed by atoms with Gasteiger partial charge in [0.2, 0.25) is 0 Å². The maximum Gasteiger partial charge on any atom is 0.131 e. The highest BCUT2D eigenvalue weighted by atomic mass is 15.1. The summed E-state index contributed by atoms with van der Waals surface area (Å²) in [6, 6.07) is 6.21. The molecule has 16 heavy (non-hydrogen) atoms. The van der Waals surface area contributed by atoms with Crippen LogP contribution in [0.15, 0.2) is 18.2 Å². The van der Waals surface area contributed by atoms with Crippen molar-refractivity contribution in [3.8, 4) is 11.3 Å². The summed E-state index contributed by atoms with van der Waals surface area (Å²) < 4.78 is 1.91. The third-order valence-electron chi connectivity index (χ3n) is 3.22. The Morgan fingerprint density at radius 3 is 2.44 bits per heavy atom. The predicted molar refractivity (Wildman–Crippen MR) is 67.3 cm³/mol.